The third kappa shape index (κ3) is 2.43. The highest BCUT2D eigenvalue weighted by Gasteiger charge is 2.31. The number of rotatable bonds is 2. The summed E-state index contributed by atoms with van der Waals surface area (Å²) in [5, 5.41) is 0. The summed E-state index contributed by atoms with van der Waals surface area (Å²) in [5.41, 5.74) is 11.6. The fourth-order valence-electron chi connectivity index (χ4n) is 2.42. The molecule has 1 saturated heterocycles. The van der Waals surface area contributed by atoms with Crippen LogP contribution in [0.5, 0.6) is 0 Å². The van der Waals surface area contributed by atoms with Crippen molar-refractivity contribution in [1.82, 2.24) is 0 Å². The Morgan fingerprint density at radius 1 is 1.42 bits per heavy atom. The Morgan fingerprint density at radius 3 is 2.84 bits per heavy atom. The van der Waals surface area contributed by atoms with Gasteiger partial charge in [-0.2, -0.15) is 0 Å². The summed E-state index contributed by atoms with van der Waals surface area (Å²) < 4.78 is 19.0. The fraction of sp³-hybridized carbons (Fsp3) is 0.462. The van der Waals surface area contributed by atoms with Gasteiger partial charge in [-0.25, -0.2) is 9.18 Å². The number of halogens is 1. The molecule has 1 aliphatic heterocycles. The van der Waals surface area contributed by atoms with Crippen molar-refractivity contribution in [2.24, 2.45) is 0 Å². The third-order valence-corrected chi connectivity index (χ3v) is 3.48. The number of esters is 1. The average Bonchev–Trinajstić information content (AvgIpc) is 2.44. The number of methoxy groups -OCH3 is 1. The number of piperidine rings is 1. The maximum absolute atomic E-state index is 14.2. The molecule has 0 aliphatic carbocycles. The van der Waals surface area contributed by atoms with Crippen LogP contribution in [-0.2, 0) is 9.53 Å². The molecule has 2 rings (SSSR count). The lowest BCUT2D eigenvalue weighted by Crippen LogP contribution is -2.45. The molecule has 1 aliphatic rings. The zero-order valence-corrected chi connectivity index (χ0v) is 10.9. The first-order chi connectivity index (χ1) is 9.06. The Hall–Kier alpha value is -1.98. The van der Waals surface area contributed by atoms with Crippen molar-refractivity contribution in [3.63, 3.8) is 0 Å². The molecule has 0 saturated carbocycles. The van der Waals surface area contributed by atoms with E-state index in [4.69, 9.17) is 16.2 Å². The van der Waals surface area contributed by atoms with Crippen LogP contribution in [-0.4, -0.2) is 25.7 Å². The van der Waals surface area contributed by atoms with E-state index in [1.165, 1.54) is 7.11 Å². The number of hydrogen-bond donors (Lipinski definition) is 2. The van der Waals surface area contributed by atoms with Gasteiger partial charge in [0, 0.05) is 6.54 Å². The molecular weight excluding hydrogens is 249 g/mol. The molecule has 0 bridgehead atoms. The molecule has 4 N–H and O–H groups in total. The zero-order chi connectivity index (χ0) is 14.0. The summed E-state index contributed by atoms with van der Waals surface area (Å²) in [6.45, 7) is 0.597. The maximum atomic E-state index is 14.2. The first-order valence-corrected chi connectivity index (χ1v) is 6.24. The smallest absolute Gasteiger partial charge is 0.328 e. The van der Waals surface area contributed by atoms with Crippen molar-refractivity contribution in [3.8, 4) is 0 Å². The number of nitrogens with two attached hydrogens (primary N) is 2. The molecular formula is C13H18FN3O2. The van der Waals surface area contributed by atoms with Crippen molar-refractivity contribution >= 4 is 23.0 Å². The third-order valence-electron chi connectivity index (χ3n) is 3.48. The standard InChI is InChI=1S/C13H18FN3O2/c1-19-13(18)10-4-2-3-7-17(10)9-6-5-8(15)12(16)11(9)14/h5-6,10H,2-4,7,15-16H2,1H3. The Bertz CT molecular complexity index is 493. The predicted molar refractivity (Wildman–Crippen MR) is 72.2 cm³/mol. The quantitative estimate of drug-likeness (QED) is 0.627. The summed E-state index contributed by atoms with van der Waals surface area (Å²) >= 11 is 0. The van der Waals surface area contributed by atoms with Gasteiger partial charge in [0.05, 0.1) is 24.2 Å². The molecule has 6 heteroatoms. The molecule has 19 heavy (non-hydrogen) atoms. The second kappa shape index (κ2) is 5.34. The number of ether oxygens (including phenoxy) is 1. The molecule has 104 valence electrons. The van der Waals surface area contributed by atoms with Crippen LogP contribution in [0, 0.1) is 5.82 Å². The van der Waals surface area contributed by atoms with E-state index in [9.17, 15) is 9.18 Å². The lowest BCUT2D eigenvalue weighted by Gasteiger charge is -2.36. The van der Waals surface area contributed by atoms with Crippen LogP contribution in [0.15, 0.2) is 12.1 Å². The van der Waals surface area contributed by atoms with Gasteiger partial charge in [0.25, 0.3) is 0 Å². The molecule has 0 radical (unpaired) electrons. The number of carbonyl (C=O) groups excluding carboxylic acids is 1. The summed E-state index contributed by atoms with van der Waals surface area (Å²) in [6.07, 6.45) is 2.47. The Kier molecular flexibility index (Phi) is 3.78. The fourth-order valence-corrected chi connectivity index (χ4v) is 2.42. The topological polar surface area (TPSA) is 81.6 Å². The van der Waals surface area contributed by atoms with E-state index in [2.05, 4.69) is 0 Å². The highest BCUT2D eigenvalue weighted by atomic mass is 19.1. The van der Waals surface area contributed by atoms with Gasteiger partial charge >= 0.3 is 5.97 Å². The summed E-state index contributed by atoms with van der Waals surface area (Å²) in [7, 11) is 1.34. The largest absolute Gasteiger partial charge is 0.467 e. The highest BCUT2D eigenvalue weighted by Crippen LogP contribution is 2.32. The van der Waals surface area contributed by atoms with Crippen LogP contribution in [0.4, 0.5) is 21.5 Å². The molecule has 1 unspecified atom stereocenters. The van der Waals surface area contributed by atoms with Crippen LogP contribution >= 0.6 is 0 Å². The van der Waals surface area contributed by atoms with Gasteiger partial charge in [0.1, 0.15) is 6.04 Å². The second-order valence-corrected chi connectivity index (χ2v) is 4.63. The van der Waals surface area contributed by atoms with E-state index in [1.807, 2.05) is 0 Å². The van der Waals surface area contributed by atoms with Crippen LogP contribution < -0.4 is 16.4 Å². The van der Waals surface area contributed by atoms with Crippen LogP contribution in [0.2, 0.25) is 0 Å². The van der Waals surface area contributed by atoms with Crippen molar-refractivity contribution in [1.29, 1.82) is 0 Å². The summed E-state index contributed by atoms with van der Waals surface area (Å²) in [6, 6.07) is 2.65. The van der Waals surface area contributed by atoms with Gasteiger partial charge < -0.3 is 21.1 Å². The lowest BCUT2D eigenvalue weighted by atomic mass is 10.0. The van der Waals surface area contributed by atoms with Crippen LogP contribution in [0.1, 0.15) is 19.3 Å². The molecule has 1 fully saturated rings. The summed E-state index contributed by atoms with van der Waals surface area (Å²) in [4.78, 5) is 13.5. The average molecular weight is 267 g/mol. The number of carbonyl (C=O) groups is 1. The Balaban J connectivity index is 2.38. The molecule has 0 spiro atoms. The Morgan fingerprint density at radius 2 is 2.16 bits per heavy atom. The van der Waals surface area contributed by atoms with Crippen molar-refractivity contribution in [3.05, 3.63) is 17.9 Å². The minimum Gasteiger partial charge on any atom is -0.467 e. The minimum absolute atomic E-state index is 0.0771. The van der Waals surface area contributed by atoms with E-state index in [1.54, 1.807) is 17.0 Å². The van der Waals surface area contributed by atoms with E-state index in [0.29, 0.717) is 18.7 Å². The van der Waals surface area contributed by atoms with Gasteiger partial charge in [-0.05, 0) is 31.4 Å². The van der Waals surface area contributed by atoms with Gasteiger partial charge in [0.15, 0.2) is 5.82 Å². The first-order valence-electron chi connectivity index (χ1n) is 6.24. The van der Waals surface area contributed by atoms with Gasteiger partial charge in [-0.1, -0.05) is 0 Å². The van der Waals surface area contributed by atoms with E-state index < -0.39 is 11.9 Å². The first kappa shape index (κ1) is 13.5. The Labute approximate surface area is 111 Å². The van der Waals surface area contributed by atoms with E-state index >= 15 is 0 Å². The molecule has 1 atom stereocenters. The number of nitrogen functional groups attached to an aromatic ring is 2. The second-order valence-electron chi connectivity index (χ2n) is 4.63. The number of benzene rings is 1. The van der Waals surface area contributed by atoms with Crippen molar-refractivity contribution in [2.45, 2.75) is 25.3 Å². The molecule has 1 aromatic rings. The van der Waals surface area contributed by atoms with Crippen LogP contribution in [0.3, 0.4) is 0 Å². The predicted octanol–water partition coefficient (Wildman–Crippen LogP) is 1.52. The molecule has 5 nitrogen and oxygen atoms in total. The summed E-state index contributed by atoms with van der Waals surface area (Å²) in [5.74, 6) is -0.926. The molecule has 0 amide bonds. The maximum Gasteiger partial charge on any atom is 0.328 e. The number of anilines is 3. The van der Waals surface area contributed by atoms with Gasteiger partial charge in [0.2, 0.25) is 0 Å². The normalized spacial score (nSPS) is 19.3. The molecule has 0 aromatic heterocycles. The number of hydrogen-bond acceptors (Lipinski definition) is 5. The lowest BCUT2D eigenvalue weighted by molar-refractivity contribution is -0.142. The van der Waals surface area contributed by atoms with Crippen LogP contribution in [0.25, 0.3) is 0 Å². The highest BCUT2D eigenvalue weighted by molar-refractivity contribution is 5.81. The monoisotopic (exact) mass is 267 g/mol. The van der Waals surface area contributed by atoms with Gasteiger partial charge in [-0.15, -0.1) is 0 Å². The van der Waals surface area contributed by atoms with E-state index in [-0.39, 0.29) is 17.3 Å². The van der Waals surface area contributed by atoms with Crippen molar-refractivity contribution in [2.75, 3.05) is 30.0 Å². The SMILES string of the molecule is COC(=O)C1CCCCN1c1ccc(N)c(N)c1F. The molecule has 1 aromatic carbocycles. The number of nitrogens with zero attached hydrogens (tertiary/aromatic N) is 1. The molecule has 1 heterocycles. The van der Waals surface area contributed by atoms with Crippen molar-refractivity contribution < 1.29 is 13.9 Å². The van der Waals surface area contributed by atoms with E-state index in [0.717, 1.165) is 12.8 Å². The zero-order valence-electron chi connectivity index (χ0n) is 10.9. The van der Waals surface area contributed by atoms with Gasteiger partial charge in [-0.3, -0.25) is 0 Å². The minimum atomic E-state index is -0.573.